The lowest BCUT2D eigenvalue weighted by molar-refractivity contribution is -0.121. The highest BCUT2D eigenvalue weighted by Crippen LogP contribution is 2.39. The van der Waals surface area contributed by atoms with Gasteiger partial charge in [0.05, 0.1) is 17.4 Å². The molecule has 4 aromatic rings. The van der Waals surface area contributed by atoms with E-state index in [1.54, 1.807) is 21.7 Å². The van der Waals surface area contributed by atoms with Crippen molar-refractivity contribution in [3.8, 4) is 17.2 Å². The maximum absolute atomic E-state index is 13.3. The summed E-state index contributed by atoms with van der Waals surface area (Å²) in [6, 6.07) is 24.4. The predicted octanol–water partition coefficient (Wildman–Crippen LogP) is 3.21. The lowest BCUT2D eigenvalue weighted by atomic mass is 10.0. The zero-order valence-corrected chi connectivity index (χ0v) is 16.5. The van der Waals surface area contributed by atoms with Crippen LogP contribution in [-0.4, -0.2) is 39.3 Å². The number of nitrogens with zero attached hydrogens (tertiary/aromatic N) is 5. The molecule has 31 heavy (non-hydrogen) atoms. The van der Waals surface area contributed by atoms with E-state index in [0.29, 0.717) is 18.1 Å². The molecule has 8 heteroatoms. The van der Waals surface area contributed by atoms with E-state index in [0.717, 1.165) is 16.9 Å². The van der Waals surface area contributed by atoms with Crippen LogP contribution < -0.4 is 14.4 Å². The van der Waals surface area contributed by atoms with Crippen molar-refractivity contribution in [2.75, 3.05) is 18.1 Å². The van der Waals surface area contributed by atoms with Crippen molar-refractivity contribution in [1.29, 1.82) is 0 Å². The molecule has 0 unspecified atom stereocenters. The second kappa shape index (κ2) is 8.27. The van der Waals surface area contributed by atoms with E-state index in [-0.39, 0.29) is 18.6 Å². The molecule has 1 aliphatic heterocycles. The fraction of sp³-hybridized carbons (Fsp3) is 0.130. The molecule has 0 saturated carbocycles. The third-order valence-electron chi connectivity index (χ3n) is 5.10. The van der Waals surface area contributed by atoms with Crippen molar-refractivity contribution >= 4 is 11.6 Å². The molecule has 1 aromatic heterocycles. The Kier molecular flexibility index (Phi) is 5.02. The molecule has 0 fully saturated rings. The number of benzene rings is 3. The van der Waals surface area contributed by atoms with Crippen LogP contribution in [0.3, 0.4) is 0 Å². The van der Waals surface area contributed by atoms with Crippen molar-refractivity contribution in [3.63, 3.8) is 0 Å². The van der Waals surface area contributed by atoms with E-state index >= 15 is 0 Å². The molecule has 1 aliphatic rings. The van der Waals surface area contributed by atoms with Gasteiger partial charge in [0.25, 0.3) is 5.91 Å². The third-order valence-corrected chi connectivity index (χ3v) is 5.10. The smallest absolute Gasteiger partial charge is 0.265 e. The van der Waals surface area contributed by atoms with Crippen LogP contribution >= 0.6 is 0 Å². The third kappa shape index (κ3) is 3.83. The van der Waals surface area contributed by atoms with Gasteiger partial charge in [0, 0.05) is 0 Å². The molecule has 154 valence electrons. The Morgan fingerprint density at radius 2 is 1.77 bits per heavy atom. The van der Waals surface area contributed by atoms with Crippen LogP contribution in [0.4, 0.5) is 5.69 Å². The molecule has 3 aromatic carbocycles. The molecule has 0 aliphatic carbocycles. The molecule has 0 N–H and O–H groups in total. The first-order valence-corrected chi connectivity index (χ1v) is 9.85. The van der Waals surface area contributed by atoms with Gasteiger partial charge in [-0.3, -0.25) is 9.69 Å². The monoisotopic (exact) mass is 413 g/mol. The molecule has 0 spiro atoms. The van der Waals surface area contributed by atoms with Crippen LogP contribution in [0.1, 0.15) is 11.6 Å². The Bertz CT molecular complexity index is 1160. The number of aromatic nitrogens is 4. The number of hydrogen-bond acceptors (Lipinski definition) is 6. The number of ether oxygens (including phenoxy) is 2. The molecular weight excluding hydrogens is 394 g/mol. The number of tetrazole rings is 1. The van der Waals surface area contributed by atoms with Gasteiger partial charge < -0.3 is 9.47 Å². The number of rotatable bonds is 5. The molecule has 2 heterocycles. The minimum atomic E-state index is -0.227. The average molecular weight is 413 g/mol. The van der Waals surface area contributed by atoms with E-state index in [9.17, 15) is 4.79 Å². The summed E-state index contributed by atoms with van der Waals surface area (Å²) in [7, 11) is 0. The molecule has 0 bridgehead atoms. The lowest BCUT2D eigenvalue weighted by Gasteiger charge is -2.37. The molecule has 5 rings (SSSR count). The fourth-order valence-electron chi connectivity index (χ4n) is 3.61. The Hall–Kier alpha value is -4.20. The maximum Gasteiger partial charge on any atom is 0.265 e. The number of hydrogen-bond donors (Lipinski definition) is 0. The summed E-state index contributed by atoms with van der Waals surface area (Å²) < 4.78 is 13.3. The van der Waals surface area contributed by atoms with Crippen LogP contribution in [-0.2, 0) is 4.79 Å². The maximum atomic E-state index is 13.3. The Morgan fingerprint density at radius 3 is 2.55 bits per heavy atom. The van der Waals surface area contributed by atoms with Crippen molar-refractivity contribution in [2.24, 2.45) is 0 Å². The quantitative estimate of drug-likeness (QED) is 0.500. The van der Waals surface area contributed by atoms with Crippen molar-refractivity contribution in [1.82, 2.24) is 20.2 Å². The van der Waals surface area contributed by atoms with Crippen LogP contribution in [0.5, 0.6) is 11.5 Å². The molecule has 8 nitrogen and oxygen atoms in total. The van der Waals surface area contributed by atoms with Crippen LogP contribution in [0.15, 0.2) is 85.2 Å². The summed E-state index contributed by atoms with van der Waals surface area (Å²) in [5, 5.41) is 11.1. The summed E-state index contributed by atoms with van der Waals surface area (Å²) >= 11 is 0. The number of amides is 1. The Morgan fingerprint density at radius 1 is 1.00 bits per heavy atom. The highest BCUT2D eigenvalue weighted by atomic mass is 16.5. The first-order chi connectivity index (χ1) is 15.3. The Labute approximate surface area is 178 Å². The molecule has 1 amide bonds. The molecule has 0 radical (unpaired) electrons. The van der Waals surface area contributed by atoms with Crippen LogP contribution in [0.2, 0.25) is 0 Å². The van der Waals surface area contributed by atoms with Crippen molar-refractivity contribution < 1.29 is 14.3 Å². The minimum Gasteiger partial charge on any atom is -0.489 e. The van der Waals surface area contributed by atoms with Gasteiger partial charge in [0.1, 0.15) is 24.4 Å². The second-order valence-electron chi connectivity index (χ2n) is 7.01. The number of carbonyl (C=O) groups excluding carboxylic acids is 1. The van der Waals surface area contributed by atoms with Crippen molar-refractivity contribution in [3.05, 3.63) is 90.8 Å². The van der Waals surface area contributed by atoms with Gasteiger partial charge in [-0.05, 0) is 52.4 Å². The standard InChI is InChI=1S/C23H19N5O3/c29-23(15-30-19-12-10-18(11-13-19)27-16-24-25-26-27)28-20-8-4-5-9-22(20)31-14-21(28)17-6-2-1-3-7-17/h1-13,16,21H,14-15H2/t21-/m1/s1. The zero-order chi connectivity index (χ0) is 21.0. The number of anilines is 1. The summed E-state index contributed by atoms with van der Waals surface area (Å²) in [4.78, 5) is 15.1. The van der Waals surface area contributed by atoms with Gasteiger partial charge in [-0.2, -0.15) is 0 Å². The van der Waals surface area contributed by atoms with E-state index < -0.39 is 0 Å². The van der Waals surface area contributed by atoms with E-state index in [2.05, 4.69) is 15.5 Å². The van der Waals surface area contributed by atoms with E-state index in [4.69, 9.17) is 9.47 Å². The highest BCUT2D eigenvalue weighted by molar-refractivity contribution is 5.97. The SMILES string of the molecule is O=C(COc1ccc(-n2cnnn2)cc1)N1c2ccccc2OC[C@@H]1c1ccccc1. The Balaban J connectivity index is 1.36. The summed E-state index contributed by atoms with van der Waals surface area (Å²) in [5.74, 6) is 1.13. The van der Waals surface area contributed by atoms with Gasteiger partial charge in [-0.25, -0.2) is 4.68 Å². The number of carbonyl (C=O) groups is 1. The first kappa shape index (κ1) is 18.8. The van der Waals surface area contributed by atoms with Gasteiger partial charge >= 0.3 is 0 Å². The van der Waals surface area contributed by atoms with Gasteiger partial charge in [-0.1, -0.05) is 42.5 Å². The summed E-state index contributed by atoms with van der Waals surface area (Å²) in [6.07, 6.45) is 1.51. The number of fused-ring (bicyclic) bond motifs is 1. The van der Waals surface area contributed by atoms with Gasteiger partial charge in [0.15, 0.2) is 6.61 Å². The normalized spacial score (nSPS) is 15.1. The molecule has 0 saturated heterocycles. The van der Waals surface area contributed by atoms with Crippen LogP contribution in [0.25, 0.3) is 5.69 Å². The first-order valence-electron chi connectivity index (χ1n) is 9.85. The van der Waals surface area contributed by atoms with Crippen LogP contribution in [0, 0.1) is 0 Å². The van der Waals surface area contributed by atoms with E-state index in [1.165, 1.54) is 6.33 Å². The average Bonchev–Trinajstić information content (AvgIpc) is 3.38. The number of para-hydroxylation sites is 2. The van der Waals surface area contributed by atoms with Gasteiger partial charge in [-0.15, -0.1) is 5.10 Å². The lowest BCUT2D eigenvalue weighted by Crippen LogP contribution is -2.43. The minimum absolute atomic E-state index is 0.0953. The van der Waals surface area contributed by atoms with E-state index in [1.807, 2.05) is 66.7 Å². The highest BCUT2D eigenvalue weighted by Gasteiger charge is 2.33. The largest absolute Gasteiger partial charge is 0.489 e. The predicted molar refractivity (Wildman–Crippen MR) is 113 cm³/mol. The molecule has 1 atom stereocenters. The summed E-state index contributed by atoms with van der Waals surface area (Å²) in [6.45, 7) is 0.287. The zero-order valence-electron chi connectivity index (χ0n) is 16.5. The van der Waals surface area contributed by atoms with Gasteiger partial charge in [0.2, 0.25) is 0 Å². The van der Waals surface area contributed by atoms with Crippen molar-refractivity contribution in [2.45, 2.75) is 6.04 Å². The molecular formula is C23H19N5O3. The fourth-order valence-corrected chi connectivity index (χ4v) is 3.61. The summed E-state index contributed by atoms with van der Waals surface area (Å²) in [5.41, 5.74) is 2.55. The second-order valence-corrected chi connectivity index (χ2v) is 7.01. The topological polar surface area (TPSA) is 82.4 Å².